The molecule has 3 heteroatoms. The largest absolute Gasteiger partial charge is 0.387 e. The second kappa shape index (κ2) is 4.94. The Hall–Kier alpha value is -0.120. The molecule has 13 heavy (non-hydrogen) atoms. The Morgan fingerprint density at radius 1 is 1.46 bits per heavy atom. The van der Waals surface area contributed by atoms with E-state index in [0.29, 0.717) is 12.5 Å². The van der Waals surface area contributed by atoms with Crippen LogP contribution in [0.1, 0.15) is 32.6 Å². The van der Waals surface area contributed by atoms with Crippen molar-refractivity contribution in [2.24, 2.45) is 5.92 Å². The molecule has 78 valence electrons. The molecular formula is C10H20O3. The molecule has 0 bridgehead atoms. The lowest BCUT2D eigenvalue weighted by Gasteiger charge is -2.37. The van der Waals surface area contributed by atoms with E-state index < -0.39 is 5.60 Å². The average molecular weight is 188 g/mol. The summed E-state index contributed by atoms with van der Waals surface area (Å²) < 4.78 is 10.0. The molecule has 2 atom stereocenters. The fourth-order valence-corrected chi connectivity index (χ4v) is 1.91. The molecule has 1 N–H and O–H groups in total. The van der Waals surface area contributed by atoms with Crippen LogP contribution in [0.4, 0.5) is 0 Å². The van der Waals surface area contributed by atoms with Crippen LogP contribution in [-0.2, 0) is 9.47 Å². The smallest absolute Gasteiger partial charge is 0.146 e. The Kier molecular flexibility index (Phi) is 4.16. The Labute approximate surface area is 80.0 Å². The van der Waals surface area contributed by atoms with Crippen molar-refractivity contribution in [3.63, 3.8) is 0 Å². The molecule has 0 aromatic carbocycles. The Balaban J connectivity index is 2.33. The average Bonchev–Trinajstić information content (AvgIpc) is 2.11. The number of methoxy groups -OCH3 is 1. The third kappa shape index (κ3) is 2.93. The lowest BCUT2D eigenvalue weighted by molar-refractivity contribution is -0.134. The summed E-state index contributed by atoms with van der Waals surface area (Å²) in [5.41, 5.74) is -0.614. The minimum Gasteiger partial charge on any atom is -0.387 e. The number of hydrogen-bond acceptors (Lipinski definition) is 3. The first-order chi connectivity index (χ1) is 6.19. The minimum absolute atomic E-state index is 0.273. The summed E-state index contributed by atoms with van der Waals surface area (Å²) in [5, 5.41) is 10.2. The second-order valence-corrected chi connectivity index (χ2v) is 4.01. The number of rotatable bonds is 4. The highest BCUT2D eigenvalue weighted by Gasteiger charge is 2.36. The maximum absolute atomic E-state index is 10.2. The van der Waals surface area contributed by atoms with Gasteiger partial charge in [0.25, 0.3) is 0 Å². The summed E-state index contributed by atoms with van der Waals surface area (Å²) in [4.78, 5) is 0. The third-order valence-electron chi connectivity index (χ3n) is 2.97. The predicted molar refractivity (Wildman–Crippen MR) is 50.4 cm³/mol. The normalized spacial score (nSPS) is 34.8. The Bertz CT molecular complexity index is 149. The molecule has 1 rings (SSSR count). The Morgan fingerprint density at radius 3 is 2.85 bits per heavy atom. The van der Waals surface area contributed by atoms with Gasteiger partial charge in [0, 0.05) is 7.11 Å². The van der Waals surface area contributed by atoms with Gasteiger partial charge in [-0.05, 0) is 18.8 Å². The monoisotopic (exact) mass is 188 g/mol. The SMILES string of the molecule is COCOCC1(O)CCCCC1C. The molecule has 1 fully saturated rings. The van der Waals surface area contributed by atoms with Crippen molar-refractivity contribution in [1.82, 2.24) is 0 Å². The number of hydrogen-bond donors (Lipinski definition) is 1. The molecule has 0 aromatic heterocycles. The third-order valence-corrected chi connectivity index (χ3v) is 2.97. The van der Waals surface area contributed by atoms with Gasteiger partial charge in [-0.15, -0.1) is 0 Å². The molecule has 2 unspecified atom stereocenters. The second-order valence-electron chi connectivity index (χ2n) is 4.01. The standard InChI is InChI=1S/C10H20O3/c1-9-5-3-4-6-10(9,11)7-13-8-12-2/h9,11H,3-8H2,1-2H3. The molecule has 0 amide bonds. The maximum atomic E-state index is 10.2. The van der Waals surface area contributed by atoms with Crippen molar-refractivity contribution in [1.29, 1.82) is 0 Å². The molecular weight excluding hydrogens is 168 g/mol. The predicted octanol–water partition coefficient (Wildman–Crippen LogP) is 1.55. The van der Waals surface area contributed by atoms with E-state index in [4.69, 9.17) is 9.47 Å². The molecule has 0 aromatic rings. The highest BCUT2D eigenvalue weighted by Crippen LogP contribution is 2.33. The van der Waals surface area contributed by atoms with E-state index >= 15 is 0 Å². The topological polar surface area (TPSA) is 38.7 Å². The lowest BCUT2D eigenvalue weighted by atomic mass is 9.77. The molecule has 1 aliphatic carbocycles. The molecule has 1 saturated carbocycles. The summed E-state index contributed by atoms with van der Waals surface area (Å²) in [6.45, 7) is 2.77. The van der Waals surface area contributed by atoms with Gasteiger partial charge in [0.05, 0.1) is 12.2 Å². The van der Waals surface area contributed by atoms with Crippen LogP contribution in [0.2, 0.25) is 0 Å². The van der Waals surface area contributed by atoms with Gasteiger partial charge in [0.2, 0.25) is 0 Å². The molecule has 0 spiro atoms. The van der Waals surface area contributed by atoms with Crippen LogP contribution in [0, 0.1) is 5.92 Å². The van der Waals surface area contributed by atoms with E-state index in [-0.39, 0.29) is 6.79 Å². The first-order valence-electron chi connectivity index (χ1n) is 4.98. The van der Waals surface area contributed by atoms with Crippen LogP contribution in [0.5, 0.6) is 0 Å². The minimum atomic E-state index is -0.614. The molecule has 0 radical (unpaired) electrons. The first-order valence-corrected chi connectivity index (χ1v) is 4.98. The maximum Gasteiger partial charge on any atom is 0.146 e. The van der Waals surface area contributed by atoms with E-state index in [1.807, 2.05) is 0 Å². The van der Waals surface area contributed by atoms with Crippen LogP contribution in [0.3, 0.4) is 0 Å². The van der Waals surface area contributed by atoms with Crippen molar-refractivity contribution in [3.05, 3.63) is 0 Å². The molecule has 3 nitrogen and oxygen atoms in total. The van der Waals surface area contributed by atoms with Gasteiger partial charge < -0.3 is 14.6 Å². The van der Waals surface area contributed by atoms with Gasteiger partial charge in [-0.25, -0.2) is 0 Å². The van der Waals surface area contributed by atoms with Crippen molar-refractivity contribution in [2.45, 2.75) is 38.2 Å². The number of ether oxygens (including phenoxy) is 2. The van der Waals surface area contributed by atoms with E-state index in [9.17, 15) is 5.11 Å². The molecule has 0 heterocycles. The van der Waals surface area contributed by atoms with Crippen LogP contribution < -0.4 is 0 Å². The quantitative estimate of drug-likeness (QED) is 0.537. The van der Waals surface area contributed by atoms with Crippen molar-refractivity contribution in [3.8, 4) is 0 Å². The highest BCUT2D eigenvalue weighted by molar-refractivity contribution is 4.87. The molecule has 0 aliphatic heterocycles. The van der Waals surface area contributed by atoms with E-state index in [1.54, 1.807) is 7.11 Å². The van der Waals surface area contributed by atoms with Crippen LogP contribution in [0.15, 0.2) is 0 Å². The van der Waals surface area contributed by atoms with Gasteiger partial charge in [-0.3, -0.25) is 0 Å². The van der Waals surface area contributed by atoms with E-state index in [1.165, 1.54) is 6.42 Å². The van der Waals surface area contributed by atoms with Gasteiger partial charge in [0.15, 0.2) is 0 Å². The lowest BCUT2D eigenvalue weighted by Crippen LogP contribution is -2.43. The van der Waals surface area contributed by atoms with Crippen LogP contribution in [-0.4, -0.2) is 31.2 Å². The fraction of sp³-hybridized carbons (Fsp3) is 1.00. The summed E-state index contributed by atoms with van der Waals surface area (Å²) in [5.74, 6) is 0.345. The zero-order chi connectivity index (χ0) is 9.73. The number of aliphatic hydroxyl groups is 1. The summed E-state index contributed by atoms with van der Waals surface area (Å²) >= 11 is 0. The van der Waals surface area contributed by atoms with Gasteiger partial charge in [-0.2, -0.15) is 0 Å². The van der Waals surface area contributed by atoms with E-state index in [0.717, 1.165) is 19.3 Å². The molecule has 1 aliphatic rings. The fourth-order valence-electron chi connectivity index (χ4n) is 1.91. The first kappa shape index (κ1) is 11.0. The Morgan fingerprint density at radius 2 is 2.23 bits per heavy atom. The van der Waals surface area contributed by atoms with Crippen LogP contribution in [0.25, 0.3) is 0 Å². The molecule has 0 saturated heterocycles. The summed E-state index contributed by atoms with van der Waals surface area (Å²) in [6.07, 6.45) is 4.30. The van der Waals surface area contributed by atoms with Crippen LogP contribution >= 0.6 is 0 Å². The summed E-state index contributed by atoms with van der Waals surface area (Å²) in [7, 11) is 1.59. The van der Waals surface area contributed by atoms with Gasteiger partial charge >= 0.3 is 0 Å². The van der Waals surface area contributed by atoms with Gasteiger partial charge in [0.1, 0.15) is 6.79 Å². The zero-order valence-electron chi connectivity index (χ0n) is 8.58. The van der Waals surface area contributed by atoms with Crippen molar-refractivity contribution < 1.29 is 14.6 Å². The zero-order valence-corrected chi connectivity index (χ0v) is 8.58. The van der Waals surface area contributed by atoms with Gasteiger partial charge in [-0.1, -0.05) is 19.8 Å². The summed E-state index contributed by atoms with van der Waals surface area (Å²) in [6, 6.07) is 0. The highest BCUT2D eigenvalue weighted by atomic mass is 16.7. The van der Waals surface area contributed by atoms with Crippen molar-refractivity contribution >= 4 is 0 Å². The van der Waals surface area contributed by atoms with Crippen molar-refractivity contribution in [2.75, 3.05) is 20.5 Å². The van der Waals surface area contributed by atoms with E-state index in [2.05, 4.69) is 6.92 Å².